The molecule has 4 nitrogen and oxygen atoms in total. The first-order valence-corrected chi connectivity index (χ1v) is 7.86. The van der Waals surface area contributed by atoms with Crippen LogP contribution in [0.15, 0.2) is 0 Å². The lowest BCUT2D eigenvalue weighted by Crippen LogP contribution is -2.40. The molecule has 0 aromatic rings. The first kappa shape index (κ1) is 15.2. The molecule has 0 spiro atoms. The van der Waals surface area contributed by atoms with Crippen LogP contribution >= 0.6 is 0 Å². The van der Waals surface area contributed by atoms with E-state index in [0.29, 0.717) is 0 Å². The van der Waals surface area contributed by atoms with Crippen molar-refractivity contribution in [3.05, 3.63) is 0 Å². The van der Waals surface area contributed by atoms with Crippen molar-refractivity contribution in [3.63, 3.8) is 0 Å². The lowest BCUT2D eigenvalue weighted by molar-refractivity contribution is 0.190. The van der Waals surface area contributed by atoms with E-state index in [4.69, 9.17) is 10.8 Å². The molecule has 3 unspecified atom stereocenters. The van der Waals surface area contributed by atoms with Crippen molar-refractivity contribution in [3.8, 4) is 0 Å². The second-order valence-electron chi connectivity index (χ2n) is 6.91. The molecule has 2 saturated heterocycles. The van der Waals surface area contributed by atoms with E-state index in [1.807, 2.05) is 6.92 Å². The van der Waals surface area contributed by atoms with Crippen molar-refractivity contribution in [2.24, 2.45) is 5.73 Å². The second-order valence-corrected chi connectivity index (χ2v) is 6.91. The maximum absolute atomic E-state index is 9.14. The van der Waals surface area contributed by atoms with E-state index >= 15 is 0 Å². The van der Waals surface area contributed by atoms with E-state index in [1.54, 1.807) is 0 Å². The molecule has 0 saturated carbocycles. The summed E-state index contributed by atoms with van der Waals surface area (Å²) < 4.78 is 0. The molecule has 2 bridgehead atoms. The molecule has 3 atom stereocenters. The van der Waals surface area contributed by atoms with Crippen LogP contribution in [0.4, 0.5) is 0 Å². The molecule has 19 heavy (non-hydrogen) atoms. The Morgan fingerprint density at radius 3 is 2.68 bits per heavy atom. The maximum atomic E-state index is 9.14. The standard InChI is InChI=1S/C15H31N3O/c1-15(16,12-19)8-3-4-9-18-10-7-13-5-6-14(11-18)17(13)2/h13-14,19H,3-12,16H2,1-2H3. The third-order valence-electron chi connectivity index (χ3n) is 5.07. The zero-order chi connectivity index (χ0) is 13.9. The number of fused-ring (bicyclic) bond motifs is 2. The predicted molar refractivity (Wildman–Crippen MR) is 79.2 cm³/mol. The zero-order valence-corrected chi connectivity index (χ0v) is 12.6. The Bertz CT molecular complexity index is 283. The summed E-state index contributed by atoms with van der Waals surface area (Å²) in [4.78, 5) is 5.23. The summed E-state index contributed by atoms with van der Waals surface area (Å²) in [6.07, 6.45) is 7.35. The molecule has 2 fully saturated rings. The Hall–Kier alpha value is -0.160. The lowest BCUT2D eigenvalue weighted by Gasteiger charge is -2.26. The van der Waals surface area contributed by atoms with E-state index in [-0.39, 0.29) is 6.61 Å². The number of aliphatic hydroxyl groups excluding tert-OH is 1. The van der Waals surface area contributed by atoms with Crippen LogP contribution in [0.3, 0.4) is 0 Å². The van der Waals surface area contributed by atoms with Crippen LogP contribution in [0.5, 0.6) is 0 Å². The van der Waals surface area contributed by atoms with Gasteiger partial charge in [0.15, 0.2) is 0 Å². The van der Waals surface area contributed by atoms with Gasteiger partial charge in [-0.05, 0) is 59.2 Å². The fourth-order valence-corrected chi connectivity index (χ4v) is 3.53. The Morgan fingerprint density at radius 2 is 1.95 bits per heavy atom. The summed E-state index contributed by atoms with van der Waals surface area (Å²) in [5.41, 5.74) is 5.57. The van der Waals surface area contributed by atoms with E-state index < -0.39 is 5.54 Å². The van der Waals surface area contributed by atoms with Gasteiger partial charge in [0.2, 0.25) is 0 Å². The first-order chi connectivity index (χ1) is 9.02. The minimum atomic E-state index is -0.391. The quantitative estimate of drug-likeness (QED) is 0.707. The molecule has 0 amide bonds. The van der Waals surface area contributed by atoms with Crippen molar-refractivity contribution < 1.29 is 5.11 Å². The molecule has 4 heteroatoms. The van der Waals surface area contributed by atoms with Crippen molar-refractivity contribution in [1.29, 1.82) is 0 Å². The fraction of sp³-hybridized carbons (Fsp3) is 1.00. The van der Waals surface area contributed by atoms with Gasteiger partial charge < -0.3 is 15.7 Å². The molecule has 0 radical (unpaired) electrons. The molecule has 0 aromatic heterocycles. The monoisotopic (exact) mass is 269 g/mol. The highest BCUT2D eigenvalue weighted by atomic mass is 16.3. The number of rotatable bonds is 6. The molecule has 2 heterocycles. The number of likely N-dealkylation sites (N-methyl/N-ethyl adjacent to an activating group) is 1. The van der Waals surface area contributed by atoms with Crippen LogP contribution in [0.1, 0.15) is 45.4 Å². The highest BCUT2D eigenvalue weighted by molar-refractivity contribution is 4.91. The molecule has 0 aromatic carbocycles. The van der Waals surface area contributed by atoms with Crippen molar-refractivity contribution in [2.75, 3.05) is 33.3 Å². The minimum Gasteiger partial charge on any atom is -0.394 e. The van der Waals surface area contributed by atoms with Gasteiger partial charge in [0.25, 0.3) is 0 Å². The van der Waals surface area contributed by atoms with E-state index in [0.717, 1.165) is 24.9 Å². The third-order valence-corrected chi connectivity index (χ3v) is 5.07. The maximum Gasteiger partial charge on any atom is 0.0608 e. The van der Waals surface area contributed by atoms with E-state index in [1.165, 1.54) is 45.3 Å². The molecule has 0 aliphatic carbocycles. The molecule has 2 aliphatic rings. The number of hydrogen-bond acceptors (Lipinski definition) is 4. The Kier molecular flexibility index (Phi) is 5.23. The average molecular weight is 269 g/mol. The van der Waals surface area contributed by atoms with Gasteiger partial charge in [-0.1, -0.05) is 6.42 Å². The number of unbranched alkanes of at least 4 members (excludes halogenated alkanes) is 1. The summed E-state index contributed by atoms with van der Waals surface area (Å²) in [5, 5.41) is 9.14. The Morgan fingerprint density at radius 1 is 1.21 bits per heavy atom. The molecule has 112 valence electrons. The summed E-state index contributed by atoms with van der Waals surface area (Å²) >= 11 is 0. The average Bonchev–Trinajstić information content (AvgIpc) is 2.61. The van der Waals surface area contributed by atoms with Gasteiger partial charge in [0.1, 0.15) is 0 Å². The highest BCUT2D eigenvalue weighted by Gasteiger charge is 2.34. The van der Waals surface area contributed by atoms with Crippen molar-refractivity contribution in [1.82, 2.24) is 9.80 Å². The van der Waals surface area contributed by atoms with Gasteiger partial charge in [-0.3, -0.25) is 4.90 Å². The fourth-order valence-electron chi connectivity index (χ4n) is 3.53. The molecule has 2 aliphatic heterocycles. The second kappa shape index (κ2) is 6.53. The normalized spacial score (nSPS) is 32.2. The van der Waals surface area contributed by atoms with Crippen molar-refractivity contribution in [2.45, 2.75) is 63.1 Å². The van der Waals surface area contributed by atoms with Crippen LogP contribution in [-0.2, 0) is 0 Å². The molecule has 3 N–H and O–H groups in total. The van der Waals surface area contributed by atoms with Crippen LogP contribution in [0, 0.1) is 0 Å². The van der Waals surface area contributed by atoms with E-state index in [9.17, 15) is 0 Å². The summed E-state index contributed by atoms with van der Waals surface area (Å²) in [7, 11) is 2.30. The summed E-state index contributed by atoms with van der Waals surface area (Å²) in [6.45, 7) is 5.72. The number of hydrogen-bond donors (Lipinski definition) is 2. The van der Waals surface area contributed by atoms with Crippen molar-refractivity contribution >= 4 is 0 Å². The number of likely N-dealkylation sites (tertiary alicyclic amines) is 1. The van der Waals surface area contributed by atoms with Crippen LogP contribution in [0.2, 0.25) is 0 Å². The van der Waals surface area contributed by atoms with E-state index in [2.05, 4.69) is 16.8 Å². The largest absolute Gasteiger partial charge is 0.394 e. The third kappa shape index (κ3) is 4.15. The summed E-state index contributed by atoms with van der Waals surface area (Å²) in [6, 6.07) is 1.61. The van der Waals surface area contributed by atoms with Gasteiger partial charge in [0, 0.05) is 24.2 Å². The van der Waals surface area contributed by atoms with Gasteiger partial charge in [0.05, 0.1) is 6.61 Å². The lowest BCUT2D eigenvalue weighted by atomic mass is 9.97. The van der Waals surface area contributed by atoms with Gasteiger partial charge >= 0.3 is 0 Å². The van der Waals surface area contributed by atoms with Crippen LogP contribution < -0.4 is 5.73 Å². The van der Waals surface area contributed by atoms with Gasteiger partial charge in [-0.15, -0.1) is 0 Å². The van der Waals surface area contributed by atoms with Gasteiger partial charge in [-0.25, -0.2) is 0 Å². The predicted octanol–water partition coefficient (Wildman–Crippen LogP) is 1.03. The Labute approximate surface area is 117 Å². The topological polar surface area (TPSA) is 52.7 Å². The molecular formula is C15H31N3O. The zero-order valence-electron chi connectivity index (χ0n) is 12.6. The molecular weight excluding hydrogens is 238 g/mol. The number of nitrogens with zero attached hydrogens (tertiary/aromatic N) is 2. The van der Waals surface area contributed by atoms with Crippen LogP contribution in [-0.4, -0.2) is 65.8 Å². The SMILES string of the molecule is CN1C2CCC1CN(CCCCC(C)(N)CO)CC2. The first-order valence-electron chi connectivity index (χ1n) is 7.86. The Balaban J connectivity index is 1.67. The highest BCUT2D eigenvalue weighted by Crippen LogP contribution is 2.28. The number of nitrogens with two attached hydrogens (primary N) is 1. The smallest absolute Gasteiger partial charge is 0.0608 e. The summed E-state index contributed by atoms with van der Waals surface area (Å²) in [5.74, 6) is 0. The van der Waals surface area contributed by atoms with Gasteiger partial charge in [-0.2, -0.15) is 0 Å². The minimum absolute atomic E-state index is 0.0886. The van der Waals surface area contributed by atoms with Crippen LogP contribution in [0.25, 0.3) is 0 Å². The molecule has 2 rings (SSSR count). The number of aliphatic hydroxyl groups is 1.